The average molecular weight is 206 g/mol. The van der Waals surface area contributed by atoms with Gasteiger partial charge in [0.2, 0.25) is 0 Å². The number of hydrogen-bond donors (Lipinski definition) is 1. The predicted molar refractivity (Wildman–Crippen MR) is 57.8 cm³/mol. The van der Waals surface area contributed by atoms with Gasteiger partial charge in [0.15, 0.2) is 0 Å². The zero-order chi connectivity index (χ0) is 10.5. The first-order chi connectivity index (χ1) is 7.11. The van der Waals surface area contributed by atoms with E-state index in [9.17, 15) is 0 Å². The molecule has 1 saturated heterocycles. The van der Waals surface area contributed by atoms with Gasteiger partial charge in [-0.2, -0.15) is 0 Å². The van der Waals surface area contributed by atoms with Gasteiger partial charge in [0, 0.05) is 17.5 Å². The van der Waals surface area contributed by atoms with Gasteiger partial charge < -0.3 is 9.84 Å². The minimum Gasteiger partial charge on any atom is -0.361 e. The molecule has 1 N–H and O–H groups in total. The smallest absolute Gasteiger partial charge is 0.145 e. The molecule has 1 aliphatic heterocycles. The maximum atomic E-state index is 5.40. The van der Waals surface area contributed by atoms with Crippen molar-refractivity contribution in [1.82, 2.24) is 10.5 Å². The quantitative estimate of drug-likeness (QED) is 0.704. The van der Waals surface area contributed by atoms with Gasteiger partial charge in [0.1, 0.15) is 5.76 Å². The Bertz CT molecular complexity index is 375. The lowest BCUT2D eigenvalue weighted by Crippen LogP contribution is -2.39. The van der Waals surface area contributed by atoms with Crippen molar-refractivity contribution in [3.63, 3.8) is 0 Å². The second-order valence-corrected chi connectivity index (χ2v) is 5.84. The summed E-state index contributed by atoms with van der Waals surface area (Å²) in [5, 5.41) is 7.45. The molecule has 1 aromatic rings. The summed E-state index contributed by atoms with van der Waals surface area (Å²) in [7, 11) is 0. The van der Waals surface area contributed by atoms with Crippen molar-refractivity contribution in [3.05, 3.63) is 17.5 Å². The Morgan fingerprint density at radius 1 is 1.47 bits per heavy atom. The first kappa shape index (κ1) is 9.40. The summed E-state index contributed by atoms with van der Waals surface area (Å²) < 4.78 is 5.40. The predicted octanol–water partition coefficient (Wildman–Crippen LogP) is 1.88. The summed E-state index contributed by atoms with van der Waals surface area (Å²) >= 11 is 0. The summed E-state index contributed by atoms with van der Waals surface area (Å²) in [6.45, 7) is 6.87. The molecule has 3 rings (SSSR count). The fraction of sp³-hybridized carbons (Fsp3) is 0.750. The molecule has 1 unspecified atom stereocenters. The highest BCUT2D eigenvalue weighted by Crippen LogP contribution is 2.48. The maximum Gasteiger partial charge on any atom is 0.145 e. The molecule has 0 bridgehead atoms. The highest BCUT2D eigenvalue weighted by Gasteiger charge is 2.46. The average Bonchev–Trinajstić information content (AvgIpc) is 2.74. The Morgan fingerprint density at radius 3 is 3.07 bits per heavy atom. The summed E-state index contributed by atoms with van der Waals surface area (Å²) in [5.41, 5.74) is 1.94. The minimum atomic E-state index is 0.149. The van der Waals surface area contributed by atoms with Crippen LogP contribution in [0.25, 0.3) is 0 Å². The number of nitrogens with one attached hydrogen (secondary N) is 1. The molecule has 0 aromatic carbocycles. The second-order valence-electron chi connectivity index (χ2n) is 5.84. The third kappa shape index (κ3) is 1.33. The van der Waals surface area contributed by atoms with Gasteiger partial charge in [0.25, 0.3) is 0 Å². The van der Waals surface area contributed by atoms with Crippen LogP contribution in [0.15, 0.2) is 10.7 Å². The first-order valence-corrected chi connectivity index (χ1v) is 5.76. The standard InChI is InChI=1S/C12H18N2O/c1-11(2)7-12(3-4-13-8-12)5-9-6-14-15-10(9)11/h6,13H,3-5,7-8H2,1-2H3. The van der Waals surface area contributed by atoms with E-state index in [1.807, 2.05) is 6.20 Å². The molecule has 1 atom stereocenters. The van der Waals surface area contributed by atoms with Gasteiger partial charge in [0.05, 0.1) is 6.20 Å². The van der Waals surface area contributed by atoms with Gasteiger partial charge in [-0.25, -0.2) is 0 Å². The highest BCUT2D eigenvalue weighted by atomic mass is 16.5. The fourth-order valence-electron chi connectivity index (χ4n) is 3.53. The Labute approximate surface area is 90.2 Å². The van der Waals surface area contributed by atoms with Crippen LogP contribution in [0.2, 0.25) is 0 Å². The number of nitrogens with zero attached hydrogens (tertiary/aromatic N) is 1. The Kier molecular flexibility index (Phi) is 1.78. The van der Waals surface area contributed by atoms with Crippen LogP contribution in [0.4, 0.5) is 0 Å². The van der Waals surface area contributed by atoms with Crippen LogP contribution in [-0.4, -0.2) is 18.2 Å². The van der Waals surface area contributed by atoms with Crippen molar-refractivity contribution in [2.75, 3.05) is 13.1 Å². The van der Waals surface area contributed by atoms with E-state index in [-0.39, 0.29) is 5.41 Å². The normalized spacial score (nSPS) is 33.2. The van der Waals surface area contributed by atoms with E-state index in [1.165, 1.54) is 18.4 Å². The molecule has 1 spiro atoms. The molecule has 0 saturated carbocycles. The van der Waals surface area contributed by atoms with Gasteiger partial charge in [-0.05, 0) is 31.2 Å². The van der Waals surface area contributed by atoms with E-state index in [0.717, 1.165) is 25.3 Å². The molecular weight excluding hydrogens is 188 g/mol. The largest absolute Gasteiger partial charge is 0.361 e. The van der Waals surface area contributed by atoms with E-state index in [0.29, 0.717) is 5.41 Å². The molecule has 3 heteroatoms. The van der Waals surface area contributed by atoms with E-state index in [2.05, 4.69) is 24.3 Å². The lowest BCUT2D eigenvalue weighted by Gasteiger charge is -2.40. The molecule has 0 radical (unpaired) electrons. The van der Waals surface area contributed by atoms with Crippen LogP contribution in [0.3, 0.4) is 0 Å². The number of rotatable bonds is 0. The van der Waals surface area contributed by atoms with Gasteiger partial charge >= 0.3 is 0 Å². The topological polar surface area (TPSA) is 38.1 Å². The van der Waals surface area contributed by atoms with Crippen molar-refractivity contribution in [2.24, 2.45) is 5.41 Å². The third-order valence-corrected chi connectivity index (χ3v) is 3.97. The summed E-state index contributed by atoms with van der Waals surface area (Å²) in [6.07, 6.45) is 5.56. The van der Waals surface area contributed by atoms with Crippen molar-refractivity contribution < 1.29 is 4.52 Å². The van der Waals surface area contributed by atoms with E-state index in [1.54, 1.807) is 0 Å². The molecule has 0 amide bonds. The zero-order valence-electron chi connectivity index (χ0n) is 9.47. The molecule has 1 aliphatic carbocycles. The summed E-state index contributed by atoms with van der Waals surface area (Å²) in [5.74, 6) is 1.11. The van der Waals surface area contributed by atoms with E-state index in [4.69, 9.17) is 4.52 Å². The Hall–Kier alpha value is -0.830. The fourth-order valence-corrected chi connectivity index (χ4v) is 3.53. The molecule has 3 nitrogen and oxygen atoms in total. The van der Waals surface area contributed by atoms with Crippen LogP contribution >= 0.6 is 0 Å². The van der Waals surface area contributed by atoms with Gasteiger partial charge in [-0.15, -0.1) is 0 Å². The van der Waals surface area contributed by atoms with Crippen molar-refractivity contribution >= 4 is 0 Å². The van der Waals surface area contributed by atoms with Gasteiger partial charge in [-0.1, -0.05) is 19.0 Å². The SMILES string of the molecule is CC1(C)CC2(CCNC2)Cc2cnoc21. The Balaban J connectivity index is 2.03. The highest BCUT2D eigenvalue weighted by molar-refractivity contribution is 5.28. The monoisotopic (exact) mass is 206 g/mol. The number of fused-ring (bicyclic) bond motifs is 1. The number of aromatic nitrogens is 1. The summed E-state index contributed by atoms with van der Waals surface area (Å²) in [4.78, 5) is 0. The lowest BCUT2D eigenvalue weighted by atomic mass is 9.63. The van der Waals surface area contributed by atoms with E-state index < -0.39 is 0 Å². The van der Waals surface area contributed by atoms with Crippen molar-refractivity contribution in [3.8, 4) is 0 Å². The molecule has 2 heterocycles. The molecule has 15 heavy (non-hydrogen) atoms. The second kappa shape index (κ2) is 2.85. The van der Waals surface area contributed by atoms with Crippen LogP contribution in [0.5, 0.6) is 0 Å². The third-order valence-electron chi connectivity index (χ3n) is 3.97. The minimum absolute atomic E-state index is 0.149. The van der Waals surface area contributed by atoms with Crippen LogP contribution in [-0.2, 0) is 11.8 Å². The zero-order valence-corrected chi connectivity index (χ0v) is 9.47. The summed E-state index contributed by atoms with van der Waals surface area (Å²) in [6, 6.07) is 0. The van der Waals surface area contributed by atoms with Crippen LogP contribution in [0.1, 0.15) is 38.0 Å². The molecule has 82 valence electrons. The number of hydrogen-bond acceptors (Lipinski definition) is 3. The van der Waals surface area contributed by atoms with E-state index >= 15 is 0 Å². The maximum absolute atomic E-state index is 5.40. The molecular formula is C12H18N2O. The van der Waals surface area contributed by atoms with Crippen LogP contribution < -0.4 is 5.32 Å². The van der Waals surface area contributed by atoms with Crippen molar-refractivity contribution in [1.29, 1.82) is 0 Å². The van der Waals surface area contributed by atoms with Gasteiger partial charge in [-0.3, -0.25) is 0 Å². The molecule has 1 aromatic heterocycles. The van der Waals surface area contributed by atoms with Crippen molar-refractivity contribution in [2.45, 2.75) is 38.5 Å². The van der Waals surface area contributed by atoms with Crippen LogP contribution in [0, 0.1) is 5.41 Å². The molecule has 2 aliphatic rings. The first-order valence-electron chi connectivity index (χ1n) is 5.76. The molecule has 1 fully saturated rings. The Morgan fingerprint density at radius 2 is 2.33 bits per heavy atom. The lowest BCUT2D eigenvalue weighted by molar-refractivity contribution is 0.173.